The Bertz CT molecular complexity index is 933. The molecule has 2 aromatic rings. The molecule has 10 nitrogen and oxygen atoms in total. The summed E-state index contributed by atoms with van der Waals surface area (Å²) in [5, 5.41) is 6.69. The topological polar surface area (TPSA) is 121 Å². The highest BCUT2D eigenvalue weighted by Crippen LogP contribution is 2.26. The van der Waals surface area contributed by atoms with Crippen molar-refractivity contribution in [2.75, 3.05) is 23.8 Å². The van der Waals surface area contributed by atoms with Crippen molar-refractivity contribution in [2.45, 2.75) is 38.6 Å². The average molecular weight is 422 g/mol. The van der Waals surface area contributed by atoms with E-state index in [2.05, 4.69) is 40.1 Å². The minimum Gasteiger partial charge on any atom is -0.304 e. The maximum atomic E-state index is 12.9. The summed E-state index contributed by atoms with van der Waals surface area (Å²) in [4.78, 5) is 16.2. The first kappa shape index (κ1) is 21.1. The van der Waals surface area contributed by atoms with Crippen LogP contribution in [-0.4, -0.2) is 46.6 Å². The van der Waals surface area contributed by atoms with Crippen molar-refractivity contribution in [3.8, 4) is 0 Å². The second-order valence-corrected chi connectivity index (χ2v) is 9.37. The van der Waals surface area contributed by atoms with Crippen molar-refractivity contribution in [1.82, 2.24) is 24.5 Å². The Balaban J connectivity index is 1.57. The Morgan fingerprint density at radius 1 is 1.21 bits per heavy atom. The maximum absolute atomic E-state index is 12.9. The van der Waals surface area contributed by atoms with Crippen LogP contribution in [0, 0.1) is 11.8 Å². The quantitative estimate of drug-likeness (QED) is 0.614. The molecule has 2 atom stereocenters. The van der Waals surface area contributed by atoms with Crippen LogP contribution >= 0.6 is 0 Å². The number of nitrogens with one attached hydrogen (secondary N) is 3. The number of anilines is 2. The molecule has 3 N–H and O–H groups in total. The minimum atomic E-state index is -3.58. The summed E-state index contributed by atoms with van der Waals surface area (Å²) in [6.07, 6.45) is 5.58. The molecular weight excluding hydrogens is 394 g/mol. The van der Waals surface area contributed by atoms with E-state index >= 15 is 0 Å². The summed E-state index contributed by atoms with van der Waals surface area (Å²) < 4.78 is 28.9. The van der Waals surface area contributed by atoms with E-state index in [1.807, 2.05) is 6.92 Å². The van der Waals surface area contributed by atoms with Crippen LogP contribution in [0.15, 0.2) is 35.6 Å². The highest BCUT2D eigenvalue weighted by Gasteiger charge is 2.31. The van der Waals surface area contributed by atoms with Crippen LogP contribution in [0.2, 0.25) is 0 Å². The number of rotatable bonds is 6. The highest BCUT2D eigenvalue weighted by atomic mass is 32.2. The van der Waals surface area contributed by atoms with Gasteiger partial charge in [0.1, 0.15) is 10.7 Å². The molecule has 0 saturated carbocycles. The Morgan fingerprint density at radius 3 is 2.52 bits per heavy atom. The minimum absolute atomic E-state index is 0.140. The molecule has 2 amide bonds. The van der Waals surface area contributed by atoms with Crippen LogP contribution < -0.4 is 16.2 Å². The summed E-state index contributed by atoms with van der Waals surface area (Å²) in [6, 6.07) is 2.51. The molecule has 3 heterocycles. The lowest BCUT2D eigenvalue weighted by Gasteiger charge is -2.33. The monoisotopic (exact) mass is 421 g/mol. The first-order chi connectivity index (χ1) is 13.8. The number of piperidine rings is 1. The van der Waals surface area contributed by atoms with Crippen LogP contribution in [0.5, 0.6) is 0 Å². The van der Waals surface area contributed by atoms with E-state index in [1.165, 1.54) is 22.6 Å². The number of hydrazine groups is 1. The molecule has 2 unspecified atom stereocenters. The zero-order valence-corrected chi connectivity index (χ0v) is 17.6. The second-order valence-electron chi connectivity index (χ2n) is 7.44. The standard InChI is InChI=1S/C18H27N7O3S/c1-4-24-12-15(8-20-24)21-18(26)23-22-17-6-5-16(9-19-17)29(27,28)25-10-13(2)7-14(3)11-25/h5-6,8-9,12-14H,4,7,10-11H2,1-3H3,(H,19,22)(H2,21,23,26). The van der Waals surface area contributed by atoms with Gasteiger partial charge in [-0.1, -0.05) is 13.8 Å². The Morgan fingerprint density at radius 2 is 1.93 bits per heavy atom. The summed E-state index contributed by atoms with van der Waals surface area (Å²) in [6.45, 7) is 7.81. The molecule has 0 radical (unpaired) electrons. The van der Waals surface area contributed by atoms with Gasteiger partial charge in [-0.3, -0.25) is 15.5 Å². The van der Waals surface area contributed by atoms with Crippen molar-refractivity contribution < 1.29 is 13.2 Å². The first-order valence-electron chi connectivity index (χ1n) is 9.59. The Kier molecular flexibility index (Phi) is 6.38. The zero-order valence-electron chi connectivity index (χ0n) is 16.8. The Hall–Kier alpha value is -2.66. The molecule has 1 fully saturated rings. The lowest BCUT2D eigenvalue weighted by molar-refractivity contribution is 0.222. The maximum Gasteiger partial charge on any atom is 0.337 e. The summed E-state index contributed by atoms with van der Waals surface area (Å²) in [5.41, 5.74) is 5.66. The number of pyridine rings is 1. The van der Waals surface area contributed by atoms with Gasteiger partial charge in [-0.05, 0) is 37.3 Å². The molecule has 11 heteroatoms. The van der Waals surface area contributed by atoms with Crippen molar-refractivity contribution in [3.05, 3.63) is 30.7 Å². The van der Waals surface area contributed by atoms with E-state index in [0.29, 0.717) is 43.0 Å². The van der Waals surface area contributed by atoms with Crippen LogP contribution in [0.4, 0.5) is 16.3 Å². The molecule has 2 aromatic heterocycles. The molecule has 0 bridgehead atoms. The molecule has 0 aromatic carbocycles. The van der Waals surface area contributed by atoms with E-state index in [-0.39, 0.29) is 4.90 Å². The van der Waals surface area contributed by atoms with Crippen LogP contribution in [0.1, 0.15) is 27.2 Å². The van der Waals surface area contributed by atoms with Crippen LogP contribution in [-0.2, 0) is 16.6 Å². The number of aromatic nitrogens is 3. The van der Waals surface area contributed by atoms with Gasteiger partial charge in [-0.25, -0.2) is 18.2 Å². The number of hydrogen-bond donors (Lipinski definition) is 3. The van der Waals surface area contributed by atoms with E-state index in [4.69, 9.17) is 0 Å². The predicted molar refractivity (Wildman–Crippen MR) is 110 cm³/mol. The largest absolute Gasteiger partial charge is 0.337 e. The van der Waals surface area contributed by atoms with Gasteiger partial charge in [0.25, 0.3) is 0 Å². The smallest absolute Gasteiger partial charge is 0.304 e. The van der Waals surface area contributed by atoms with Gasteiger partial charge < -0.3 is 5.32 Å². The summed E-state index contributed by atoms with van der Waals surface area (Å²) in [5.74, 6) is 0.980. The van der Waals surface area contributed by atoms with Crippen molar-refractivity contribution in [3.63, 3.8) is 0 Å². The zero-order chi connectivity index (χ0) is 21.0. The number of urea groups is 1. The number of hydrogen-bond acceptors (Lipinski definition) is 6. The SMILES string of the molecule is CCn1cc(NC(=O)NNc2ccc(S(=O)(=O)N3CC(C)CC(C)C3)cn2)cn1. The number of carbonyl (C=O) groups is 1. The third-order valence-corrected chi connectivity index (χ3v) is 6.54. The fourth-order valence-electron chi connectivity index (χ4n) is 3.44. The lowest BCUT2D eigenvalue weighted by atomic mass is 9.94. The molecule has 29 heavy (non-hydrogen) atoms. The van der Waals surface area contributed by atoms with E-state index in [1.54, 1.807) is 17.1 Å². The van der Waals surface area contributed by atoms with Gasteiger partial charge in [0.2, 0.25) is 10.0 Å². The van der Waals surface area contributed by atoms with Gasteiger partial charge in [0.05, 0.1) is 11.9 Å². The molecule has 3 rings (SSSR count). The van der Waals surface area contributed by atoms with Gasteiger partial charge in [-0.15, -0.1) is 0 Å². The van der Waals surface area contributed by atoms with E-state index < -0.39 is 16.1 Å². The predicted octanol–water partition coefficient (Wildman–Crippen LogP) is 2.11. The third kappa shape index (κ3) is 5.24. The molecule has 0 spiro atoms. The van der Waals surface area contributed by atoms with Gasteiger partial charge in [0.15, 0.2) is 0 Å². The van der Waals surface area contributed by atoms with Gasteiger partial charge in [0, 0.05) is 32.0 Å². The van der Waals surface area contributed by atoms with Crippen molar-refractivity contribution in [2.24, 2.45) is 11.8 Å². The molecular formula is C18H27N7O3S. The molecule has 1 saturated heterocycles. The van der Waals surface area contributed by atoms with Crippen molar-refractivity contribution >= 4 is 27.6 Å². The molecule has 158 valence electrons. The molecule has 1 aliphatic heterocycles. The molecule has 1 aliphatic rings. The number of nitrogens with zero attached hydrogens (tertiary/aromatic N) is 4. The van der Waals surface area contributed by atoms with E-state index in [9.17, 15) is 13.2 Å². The number of amides is 2. The third-order valence-electron chi connectivity index (χ3n) is 4.73. The number of carbonyl (C=O) groups excluding carboxylic acids is 1. The normalized spacial score (nSPS) is 20.2. The van der Waals surface area contributed by atoms with Gasteiger partial charge >= 0.3 is 6.03 Å². The Labute approximate surface area is 170 Å². The summed E-state index contributed by atoms with van der Waals surface area (Å²) >= 11 is 0. The van der Waals surface area contributed by atoms with Crippen LogP contribution in [0.3, 0.4) is 0 Å². The molecule has 0 aliphatic carbocycles. The number of aryl methyl sites for hydroxylation is 1. The lowest BCUT2D eigenvalue weighted by Crippen LogP contribution is -2.42. The first-order valence-corrected chi connectivity index (χ1v) is 11.0. The average Bonchev–Trinajstić information content (AvgIpc) is 3.13. The van der Waals surface area contributed by atoms with Crippen molar-refractivity contribution in [1.29, 1.82) is 0 Å². The van der Waals surface area contributed by atoms with Crippen LogP contribution in [0.25, 0.3) is 0 Å². The number of sulfonamides is 1. The van der Waals surface area contributed by atoms with Gasteiger partial charge in [-0.2, -0.15) is 9.40 Å². The van der Waals surface area contributed by atoms with E-state index in [0.717, 1.165) is 6.42 Å². The highest BCUT2D eigenvalue weighted by molar-refractivity contribution is 7.89. The second kappa shape index (κ2) is 8.78. The fraction of sp³-hybridized carbons (Fsp3) is 0.500. The summed E-state index contributed by atoms with van der Waals surface area (Å²) in [7, 11) is -3.58. The fourth-order valence-corrected chi connectivity index (χ4v) is 5.07.